The largest absolute Gasteiger partial charge is 0.352 e. The summed E-state index contributed by atoms with van der Waals surface area (Å²) in [6.07, 6.45) is 8.97. The second kappa shape index (κ2) is 8.71. The SMILES string of the molecule is C[C@@H](Sc1ccc(S(=O)(=O)N2CCCC2)cn1)C(=O)NC1CCCCC1. The fourth-order valence-corrected chi connectivity index (χ4v) is 5.73. The minimum atomic E-state index is -3.44. The van der Waals surface area contributed by atoms with E-state index in [-0.39, 0.29) is 16.1 Å². The summed E-state index contributed by atoms with van der Waals surface area (Å²) in [7, 11) is -3.44. The summed E-state index contributed by atoms with van der Waals surface area (Å²) >= 11 is 1.36. The lowest BCUT2D eigenvalue weighted by Gasteiger charge is -2.24. The maximum atomic E-state index is 12.5. The van der Waals surface area contributed by atoms with Crippen LogP contribution >= 0.6 is 11.8 Å². The van der Waals surface area contributed by atoms with E-state index in [0.717, 1.165) is 25.7 Å². The smallest absolute Gasteiger partial charge is 0.244 e. The second-order valence-electron chi connectivity index (χ2n) is 7.05. The molecule has 0 spiro atoms. The molecule has 1 aromatic heterocycles. The highest BCUT2D eigenvalue weighted by Gasteiger charge is 2.27. The number of carbonyl (C=O) groups is 1. The molecule has 2 aliphatic rings. The number of amides is 1. The van der Waals surface area contributed by atoms with E-state index < -0.39 is 10.0 Å². The number of sulfonamides is 1. The van der Waals surface area contributed by atoms with Crippen molar-refractivity contribution in [2.24, 2.45) is 0 Å². The Labute approximate surface area is 160 Å². The van der Waals surface area contributed by atoms with Crippen LogP contribution in [0.25, 0.3) is 0 Å². The highest BCUT2D eigenvalue weighted by atomic mass is 32.2. The summed E-state index contributed by atoms with van der Waals surface area (Å²) < 4.78 is 26.5. The first kappa shape index (κ1) is 19.6. The molecular weight excluding hydrogens is 370 g/mol. The van der Waals surface area contributed by atoms with Gasteiger partial charge in [0.1, 0.15) is 4.90 Å². The molecule has 1 aliphatic heterocycles. The summed E-state index contributed by atoms with van der Waals surface area (Å²) in [6, 6.07) is 3.58. The lowest BCUT2D eigenvalue weighted by atomic mass is 9.95. The van der Waals surface area contributed by atoms with Gasteiger partial charge < -0.3 is 5.32 Å². The van der Waals surface area contributed by atoms with Gasteiger partial charge in [-0.2, -0.15) is 4.31 Å². The van der Waals surface area contributed by atoms with Gasteiger partial charge in [-0.1, -0.05) is 31.0 Å². The van der Waals surface area contributed by atoms with E-state index in [4.69, 9.17) is 0 Å². The lowest BCUT2D eigenvalue weighted by molar-refractivity contribution is -0.121. The normalized spacial score (nSPS) is 20.8. The second-order valence-corrected chi connectivity index (χ2v) is 10.3. The van der Waals surface area contributed by atoms with Crippen molar-refractivity contribution in [2.45, 2.75) is 73.1 Å². The Balaban J connectivity index is 1.57. The maximum absolute atomic E-state index is 12.5. The number of rotatable bonds is 6. The quantitative estimate of drug-likeness (QED) is 0.747. The predicted molar refractivity (Wildman–Crippen MR) is 103 cm³/mol. The highest BCUT2D eigenvalue weighted by Crippen LogP contribution is 2.25. The minimum absolute atomic E-state index is 0.0254. The van der Waals surface area contributed by atoms with Gasteiger partial charge in [-0.05, 0) is 44.7 Å². The molecule has 2 fully saturated rings. The molecule has 1 amide bonds. The number of hydrogen-bond acceptors (Lipinski definition) is 5. The van der Waals surface area contributed by atoms with Gasteiger partial charge in [0.25, 0.3) is 0 Å². The van der Waals surface area contributed by atoms with Crippen LogP contribution in [0, 0.1) is 0 Å². The molecule has 1 saturated heterocycles. The molecule has 3 rings (SSSR count). The fraction of sp³-hybridized carbons (Fsp3) is 0.667. The number of aromatic nitrogens is 1. The molecule has 1 N–H and O–H groups in total. The Bertz CT molecular complexity index is 710. The van der Waals surface area contributed by atoms with Crippen LogP contribution in [0.1, 0.15) is 51.9 Å². The van der Waals surface area contributed by atoms with Gasteiger partial charge in [-0.25, -0.2) is 13.4 Å². The van der Waals surface area contributed by atoms with Crippen molar-refractivity contribution in [3.63, 3.8) is 0 Å². The van der Waals surface area contributed by atoms with Crippen molar-refractivity contribution in [3.05, 3.63) is 18.3 Å². The molecule has 0 bridgehead atoms. The van der Waals surface area contributed by atoms with E-state index in [0.29, 0.717) is 24.2 Å². The average Bonchev–Trinajstić information content (AvgIpc) is 3.18. The molecule has 1 aliphatic carbocycles. The zero-order valence-corrected chi connectivity index (χ0v) is 16.8. The van der Waals surface area contributed by atoms with Crippen LogP contribution in [-0.4, -0.2) is 48.0 Å². The van der Waals surface area contributed by atoms with Crippen LogP contribution in [0.5, 0.6) is 0 Å². The molecule has 0 aromatic carbocycles. The number of hydrogen-bond donors (Lipinski definition) is 1. The van der Waals surface area contributed by atoms with Gasteiger partial charge in [0, 0.05) is 25.3 Å². The lowest BCUT2D eigenvalue weighted by Crippen LogP contribution is -2.40. The van der Waals surface area contributed by atoms with Gasteiger partial charge in [-0.3, -0.25) is 4.79 Å². The van der Waals surface area contributed by atoms with Gasteiger partial charge in [0.05, 0.1) is 10.3 Å². The number of nitrogens with one attached hydrogen (secondary N) is 1. The summed E-state index contributed by atoms with van der Waals surface area (Å²) in [6.45, 7) is 3.02. The summed E-state index contributed by atoms with van der Waals surface area (Å²) in [4.78, 5) is 16.8. The van der Waals surface area contributed by atoms with Crippen molar-refractivity contribution in [2.75, 3.05) is 13.1 Å². The summed E-state index contributed by atoms with van der Waals surface area (Å²) in [5.41, 5.74) is 0. The molecule has 8 heteroatoms. The third kappa shape index (κ3) is 4.78. The number of thioether (sulfide) groups is 1. The maximum Gasteiger partial charge on any atom is 0.244 e. The van der Waals surface area contributed by atoms with E-state index in [9.17, 15) is 13.2 Å². The molecule has 1 saturated carbocycles. The van der Waals surface area contributed by atoms with Crippen molar-refractivity contribution >= 4 is 27.7 Å². The summed E-state index contributed by atoms with van der Waals surface area (Å²) in [5.74, 6) is 0.0254. The molecule has 1 atom stereocenters. The van der Waals surface area contributed by atoms with E-state index in [1.165, 1.54) is 41.5 Å². The summed E-state index contributed by atoms with van der Waals surface area (Å²) in [5, 5.41) is 3.53. The molecule has 144 valence electrons. The highest BCUT2D eigenvalue weighted by molar-refractivity contribution is 8.00. The molecule has 0 unspecified atom stereocenters. The van der Waals surface area contributed by atoms with Crippen LogP contribution in [-0.2, 0) is 14.8 Å². The van der Waals surface area contributed by atoms with Crippen LogP contribution < -0.4 is 5.32 Å². The number of nitrogens with zero attached hydrogens (tertiary/aromatic N) is 2. The first-order chi connectivity index (χ1) is 12.5. The topological polar surface area (TPSA) is 79.4 Å². The van der Waals surface area contributed by atoms with Gasteiger partial charge >= 0.3 is 0 Å². The Hall–Kier alpha value is -1.12. The minimum Gasteiger partial charge on any atom is -0.352 e. The van der Waals surface area contributed by atoms with Crippen molar-refractivity contribution in [3.8, 4) is 0 Å². The molecule has 0 radical (unpaired) electrons. The zero-order valence-electron chi connectivity index (χ0n) is 15.2. The number of carbonyl (C=O) groups excluding carboxylic acids is 1. The third-order valence-corrected chi connectivity index (χ3v) is 7.96. The Morgan fingerprint density at radius 1 is 1.19 bits per heavy atom. The van der Waals surface area contributed by atoms with Crippen LogP contribution in [0.3, 0.4) is 0 Å². The van der Waals surface area contributed by atoms with Crippen LogP contribution in [0.15, 0.2) is 28.3 Å². The van der Waals surface area contributed by atoms with E-state index in [1.807, 2.05) is 6.92 Å². The number of pyridine rings is 1. The standard InChI is InChI=1S/C18H27N3O3S2/c1-14(18(22)20-15-7-3-2-4-8-15)25-17-10-9-16(13-19-17)26(23,24)21-11-5-6-12-21/h9-10,13-15H,2-8,11-12H2,1H3,(H,20,22)/t14-/m1/s1. The molecular formula is C18H27N3O3S2. The Morgan fingerprint density at radius 3 is 2.50 bits per heavy atom. The van der Waals surface area contributed by atoms with Crippen molar-refractivity contribution in [1.82, 2.24) is 14.6 Å². The van der Waals surface area contributed by atoms with E-state index in [2.05, 4.69) is 10.3 Å². The Kier molecular flexibility index (Phi) is 6.58. The fourth-order valence-electron chi connectivity index (χ4n) is 3.47. The molecule has 6 nitrogen and oxygen atoms in total. The molecule has 26 heavy (non-hydrogen) atoms. The van der Waals surface area contributed by atoms with Gasteiger partial charge in [0.15, 0.2) is 0 Å². The molecule has 1 aromatic rings. The molecule has 2 heterocycles. The van der Waals surface area contributed by atoms with Gasteiger partial charge in [0.2, 0.25) is 15.9 Å². The van der Waals surface area contributed by atoms with Crippen LogP contribution in [0.2, 0.25) is 0 Å². The van der Waals surface area contributed by atoms with Crippen molar-refractivity contribution < 1.29 is 13.2 Å². The predicted octanol–water partition coefficient (Wildman–Crippen LogP) is 2.80. The van der Waals surface area contributed by atoms with Crippen molar-refractivity contribution in [1.29, 1.82) is 0 Å². The Morgan fingerprint density at radius 2 is 1.88 bits per heavy atom. The first-order valence-electron chi connectivity index (χ1n) is 9.40. The van der Waals surface area contributed by atoms with E-state index >= 15 is 0 Å². The monoisotopic (exact) mass is 397 g/mol. The average molecular weight is 398 g/mol. The van der Waals surface area contributed by atoms with Crippen LogP contribution in [0.4, 0.5) is 0 Å². The first-order valence-corrected chi connectivity index (χ1v) is 11.7. The van der Waals surface area contributed by atoms with Gasteiger partial charge in [-0.15, -0.1) is 0 Å². The third-order valence-electron chi connectivity index (χ3n) is 5.03. The zero-order chi connectivity index (χ0) is 18.6. The van der Waals surface area contributed by atoms with E-state index in [1.54, 1.807) is 12.1 Å².